The lowest BCUT2D eigenvalue weighted by Crippen LogP contribution is -2.33. The van der Waals surface area contributed by atoms with Crippen molar-refractivity contribution in [2.24, 2.45) is 5.92 Å². The van der Waals surface area contributed by atoms with Crippen LogP contribution in [-0.2, 0) is 15.9 Å². The summed E-state index contributed by atoms with van der Waals surface area (Å²) in [4.78, 5) is 4.36. The van der Waals surface area contributed by atoms with Gasteiger partial charge in [-0.3, -0.25) is 0 Å². The normalized spacial score (nSPS) is 22.6. The first kappa shape index (κ1) is 12.5. The van der Waals surface area contributed by atoms with E-state index in [-0.39, 0.29) is 6.10 Å². The van der Waals surface area contributed by atoms with Crippen LogP contribution in [0.3, 0.4) is 0 Å². The molecule has 0 bridgehead atoms. The van der Waals surface area contributed by atoms with Crippen molar-refractivity contribution in [2.75, 3.05) is 33.4 Å². The molecule has 0 spiro atoms. The maximum Gasteiger partial charge on any atom is 0.227 e. The summed E-state index contributed by atoms with van der Waals surface area (Å²) in [7, 11) is 1.69. The molecule has 2 unspecified atom stereocenters. The smallest absolute Gasteiger partial charge is 0.227 e. The monoisotopic (exact) mass is 241 g/mol. The summed E-state index contributed by atoms with van der Waals surface area (Å²) < 4.78 is 15.8. The molecule has 2 heterocycles. The van der Waals surface area contributed by atoms with Gasteiger partial charge < -0.3 is 19.3 Å². The van der Waals surface area contributed by atoms with Gasteiger partial charge in [0.1, 0.15) is 6.10 Å². The van der Waals surface area contributed by atoms with Crippen molar-refractivity contribution < 1.29 is 14.0 Å². The van der Waals surface area contributed by atoms with Crippen LogP contribution in [0.5, 0.6) is 0 Å². The first-order chi connectivity index (χ1) is 8.29. The molecule has 0 aromatic carbocycles. The topological polar surface area (TPSA) is 69.4 Å². The van der Waals surface area contributed by atoms with Gasteiger partial charge >= 0.3 is 0 Å². The summed E-state index contributed by atoms with van der Waals surface area (Å²) in [5.74, 6) is 1.66. The Morgan fingerprint density at radius 2 is 2.47 bits per heavy atom. The molecule has 0 aliphatic carbocycles. The van der Waals surface area contributed by atoms with E-state index in [1.54, 1.807) is 7.11 Å². The fourth-order valence-corrected chi connectivity index (χ4v) is 1.85. The van der Waals surface area contributed by atoms with Gasteiger partial charge in [0, 0.05) is 33.2 Å². The first-order valence-electron chi connectivity index (χ1n) is 5.93. The Labute approximate surface area is 101 Å². The molecule has 1 aliphatic rings. The van der Waals surface area contributed by atoms with Crippen LogP contribution in [0.15, 0.2) is 4.52 Å². The third-order valence-electron chi connectivity index (χ3n) is 2.67. The van der Waals surface area contributed by atoms with Crippen LogP contribution in [0.4, 0.5) is 0 Å². The Bertz CT molecular complexity index is 336. The van der Waals surface area contributed by atoms with Gasteiger partial charge in [-0.25, -0.2) is 0 Å². The highest BCUT2D eigenvalue weighted by Crippen LogP contribution is 2.16. The van der Waals surface area contributed by atoms with E-state index in [1.165, 1.54) is 0 Å². The molecule has 2 atom stereocenters. The van der Waals surface area contributed by atoms with E-state index in [1.807, 2.05) is 0 Å². The van der Waals surface area contributed by atoms with Gasteiger partial charge in [-0.2, -0.15) is 4.98 Å². The van der Waals surface area contributed by atoms with Crippen LogP contribution >= 0.6 is 0 Å². The third-order valence-corrected chi connectivity index (χ3v) is 2.67. The molecular weight excluding hydrogens is 222 g/mol. The number of rotatable bonds is 5. The van der Waals surface area contributed by atoms with Crippen molar-refractivity contribution in [3.63, 3.8) is 0 Å². The Kier molecular flexibility index (Phi) is 4.47. The van der Waals surface area contributed by atoms with E-state index in [2.05, 4.69) is 22.4 Å². The lowest BCUT2D eigenvalue weighted by atomic mass is 10.1. The predicted molar refractivity (Wildman–Crippen MR) is 60.6 cm³/mol. The standard InChI is InChI=1S/C11H19N3O3/c1-8(7-15-2)5-10-13-11(14-17-10)9-6-12-3-4-16-9/h8-9,12H,3-7H2,1-2H3. The van der Waals surface area contributed by atoms with E-state index < -0.39 is 0 Å². The van der Waals surface area contributed by atoms with Crippen molar-refractivity contribution in [1.29, 1.82) is 0 Å². The quantitative estimate of drug-likeness (QED) is 0.812. The Hall–Kier alpha value is -0.980. The van der Waals surface area contributed by atoms with E-state index in [9.17, 15) is 0 Å². The fourth-order valence-electron chi connectivity index (χ4n) is 1.85. The summed E-state index contributed by atoms with van der Waals surface area (Å²) in [6.45, 7) is 5.10. The molecule has 6 heteroatoms. The van der Waals surface area contributed by atoms with E-state index in [0.29, 0.717) is 30.8 Å². The average Bonchev–Trinajstić information content (AvgIpc) is 2.79. The van der Waals surface area contributed by atoms with Crippen LogP contribution in [-0.4, -0.2) is 43.6 Å². The Balaban J connectivity index is 1.90. The fraction of sp³-hybridized carbons (Fsp3) is 0.818. The minimum absolute atomic E-state index is 0.0843. The number of nitrogens with one attached hydrogen (secondary N) is 1. The number of hydrogen-bond acceptors (Lipinski definition) is 6. The van der Waals surface area contributed by atoms with Crippen molar-refractivity contribution in [3.05, 3.63) is 11.7 Å². The summed E-state index contributed by atoms with van der Waals surface area (Å²) in [6, 6.07) is 0. The van der Waals surface area contributed by atoms with Crippen LogP contribution in [0.1, 0.15) is 24.7 Å². The SMILES string of the molecule is COCC(C)Cc1nc(C2CNCCO2)no1. The molecule has 1 aromatic heterocycles. The molecule has 1 fully saturated rings. The number of morpholine rings is 1. The molecule has 96 valence electrons. The van der Waals surface area contributed by atoms with Crippen molar-refractivity contribution >= 4 is 0 Å². The van der Waals surface area contributed by atoms with Crippen LogP contribution in [0, 0.1) is 5.92 Å². The highest BCUT2D eigenvalue weighted by atomic mass is 16.5. The summed E-state index contributed by atoms with van der Waals surface area (Å²) in [5, 5.41) is 7.20. The molecular formula is C11H19N3O3. The van der Waals surface area contributed by atoms with Crippen LogP contribution in [0.2, 0.25) is 0 Å². The van der Waals surface area contributed by atoms with Gasteiger partial charge in [0.2, 0.25) is 11.7 Å². The van der Waals surface area contributed by atoms with Crippen LogP contribution < -0.4 is 5.32 Å². The minimum atomic E-state index is -0.0843. The number of hydrogen-bond donors (Lipinski definition) is 1. The molecule has 6 nitrogen and oxygen atoms in total. The molecule has 0 radical (unpaired) electrons. The number of aromatic nitrogens is 2. The first-order valence-corrected chi connectivity index (χ1v) is 5.93. The molecule has 1 saturated heterocycles. The number of nitrogens with zero attached hydrogens (tertiary/aromatic N) is 2. The highest BCUT2D eigenvalue weighted by Gasteiger charge is 2.21. The second-order valence-corrected chi connectivity index (χ2v) is 4.37. The number of ether oxygens (including phenoxy) is 2. The molecule has 0 amide bonds. The van der Waals surface area contributed by atoms with E-state index in [4.69, 9.17) is 14.0 Å². The minimum Gasteiger partial charge on any atom is -0.384 e. The van der Waals surface area contributed by atoms with E-state index >= 15 is 0 Å². The lowest BCUT2D eigenvalue weighted by Gasteiger charge is -2.20. The molecule has 1 aliphatic heterocycles. The summed E-state index contributed by atoms with van der Waals surface area (Å²) >= 11 is 0. The average molecular weight is 241 g/mol. The maximum absolute atomic E-state index is 5.56. The second-order valence-electron chi connectivity index (χ2n) is 4.37. The molecule has 1 aromatic rings. The zero-order valence-electron chi connectivity index (χ0n) is 10.3. The number of methoxy groups -OCH3 is 1. The molecule has 1 N–H and O–H groups in total. The molecule has 17 heavy (non-hydrogen) atoms. The largest absolute Gasteiger partial charge is 0.384 e. The van der Waals surface area contributed by atoms with Crippen molar-refractivity contribution in [3.8, 4) is 0 Å². The van der Waals surface area contributed by atoms with Gasteiger partial charge in [0.05, 0.1) is 6.61 Å². The zero-order chi connectivity index (χ0) is 12.1. The predicted octanol–water partition coefficient (Wildman–Crippen LogP) is 0.556. The van der Waals surface area contributed by atoms with Gasteiger partial charge in [-0.1, -0.05) is 12.1 Å². The summed E-state index contributed by atoms with van der Waals surface area (Å²) in [6.07, 6.45) is 0.653. The van der Waals surface area contributed by atoms with Crippen molar-refractivity contribution in [1.82, 2.24) is 15.5 Å². The maximum atomic E-state index is 5.56. The molecule has 0 saturated carbocycles. The van der Waals surface area contributed by atoms with Gasteiger partial charge in [0.15, 0.2) is 0 Å². The molecule has 2 rings (SSSR count). The van der Waals surface area contributed by atoms with Gasteiger partial charge in [-0.05, 0) is 5.92 Å². The van der Waals surface area contributed by atoms with Gasteiger partial charge in [0.25, 0.3) is 0 Å². The Morgan fingerprint density at radius 1 is 1.59 bits per heavy atom. The second kappa shape index (κ2) is 6.09. The van der Waals surface area contributed by atoms with E-state index in [0.717, 1.165) is 19.5 Å². The Morgan fingerprint density at radius 3 is 3.18 bits per heavy atom. The third kappa shape index (κ3) is 3.49. The lowest BCUT2D eigenvalue weighted by molar-refractivity contribution is 0.0208. The van der Waals surface area contributed by atoms with Crippen LogP contribution in [0.25, 0.3) is 0 Å². The summed E-state index contributed by atoms with van der Waals surface area (Å²) in [5.41, 5.74) is 0. The van der Waals surface area contributed by atoms with Gasteiger partial charge in [-0.15, -0.1) is 0 Å². The van der Waals surface area contributed by atoms with Crippen molar-refractivity contribution in [2.45, 2.75) is 19.4 Å². The highest BCUT2D eigenvalue weighted by molar-refractivity contribution is 4.94. The zero-order valence-corrected chi connectivity index (χ0v) is 10.3.